The molecule has 0 atom stereocenters. The van der Waals surface area contributed by atoms with Crippen LogP contribution in [0.25, 0.3) is 0 Å². The number of hydrogen-bond donors (Lipinski definition) is 1. The molecule has 0 aromatic heterocycles. The predicted octanol–water partition coefficient (Wildman–Crippen LogP) is 3.32. The molecule has 1 heterocycles. The highest BCUT2D eigenvalue weighted by Gasteiger charge is 2.29. The number of ether oxygens (including phenoxy) is 1. The lowest BCUT2D eigenvalue weighted by Gasteiger charge is -2.31. The molecule has 156 valence electrons. The summed E-state index contributed by atoms with van der Waals surface area (Å²) >= 11 is 0. The Balaban J connectivity index is 1.41. The maximum atomic E-state index is 12.6. The number of rotatable bonds is 9. The van der Waals surface area contributed by atoms with Crippen LogP contribution in [0.2, 0.25) is 0 Å². The summed E-state index contributed by atoms with van der Waals surface area (Å²) in [5, 5.41) is 0. The Hall–Kier alpha value is -2.33. The van der Waals surface area contributed by atoms with E-state index in [1.165, 1.54) is 11.1 Å². The number of amides is 1. The molecular weight excluding hydrogens is 360 g/mol. The minimum Gasteiger partial charge on any atom is -0.489 e. The Bertz CT molecular complexity index is 737. The van der Waals surface area contributed by atoms with Gasteiger partial charge in [0.25, 0.3) is 0 Å². The van der Waals surface area contributed by atoms with Crippen molar-refractivity contribution in [2.45, 2.75) is 45.8 Å². The number of carbonyl (C=O) groups excluding carboxylic acids is 1. The molecule has 2 aromatic rings. The standard InChI is InChI=1S/C25H34N2O2/c1-3-4-16-26(2)25(28)23-14-17-27(18-15-23)19-21-10-12-24(13-11-21)29-20-22-8-6-5-7-9-22/h5-13,23H,3-4,14-20H2,1-2H3/p+1. The molecule has 0 saturated carbocycles. The zero-order valence-electron chi connectivity index (χ0n) is 17.9. The van der Waals surface area contributed by atoms with Crippen LogP contribution in [0.15, 0.2) is 54.6 Å². The first kappa shape index (κ1) is 21.4. The van der Waals surface area contributed by atoms with Crippen LogP contribution in [-0.2, 0) is 17.9 Å². The van der Waals surface area contributed by atoms with Crippen LogP contribution in [0.5, 0.6) is 5.75 Å². The van der Waals surface area contributed by atoms with Crippen molar-refractivity contribution in [1.82, 2.24) is 4.90 Å². The van der Waals surface area contributed by atoms with E-state index in [2.05, 4.69) is 43.3 Å². The molecule has 0 spiro atoms. The van der Waals surface area contributed by atoms with Crippen molar-refractivity contribution in [2.24, 2.45) is 5.92 Å². The van der Waals surface area contributed by atoms with Gasteiger partial charge in [-0.3, -0.25) is 4.79 Å². The zero-order chi connectivity index (χ0) is 20.5. The van der Waals surface area contributed by atoms with E-state index in [1.807, 2.05) is 30.1 Å². The van der Waals surface area contributed by atoms with Gasteiger partial charge in [-0.1, -0.05) is 43.7 Å². The molecule has 4 heteroatoms. The summed E-state index contributed by atoms with van der Waals surface area (Å²) in [6.45, 7) is 6.82. The van der Waals surface area contributed by atoms with Crippen LogP contribution in [0.1, 0.15) is 43.7 Å². The van der Waals surface area contributed by atoms with Crippen molar-refractivity contribution in [2.75, 3.05) is 26.7 Å². The van der Waals surface area contributed by atoms with E-state index < -0.39 is 0 Å². The first-order chi connectivity index (χ1) is 14.2. The van der Waals surface area contributed by atoms with Crippen LogP contribution >= 0.6 is 0 Å². The van der Waals surface area contributed by atoms with E-state index in [1.54, 1.807) is 4.90 Å². The summed E-state index contributed by atoms with van der Waals surface area (Å²) in [7, 11) is 1.96. The SMILES string of the molecule is CCCCN(C)C(=O)C1CC[NH+](Cc2ccc(OCc3ccccc3)cc2)CC1. The second-order valence-electron chi connectivity index (χ2n) is 8.23. The van der Waals surface area contributed by atoms with E-state index in [0.29, 0.717) is 12.5 Å². The van der Waals surface area contributed by atoms with Crippen molar-refractivity contribution in [3.63, 3.8) is 0 Å². The second-order valence-corrected chi connectivity index (χ2v) is 8.23. The highest BCUT2D eigenvalue weighted by Crippen LogP contribution is 2.16. The molecule has 0 aliphatic carbocycles. The third-order valence-electron chi connectivity index (χ3n) is 5.89. The lowest BCUT2D eigenvalue weighted by Crippen LogP contribution is -3.11. The van der Waals surface area contributed by atoms with Crippen LogP contribution < -0.4 is 9.64 Å². The number of benzene rings is 2. The number of nitrogens with zero attached hydrogens (tertiary/aromatic N) is 1. The van der Waals surface area contributed by atoms with Crippen molar-refractivity contribution in [1.29, 1.82) is 0 Å². The van der Waals surface area contributed by atoms with E-state index in [4.69, 9.17) is 4.74 Å². The summed E-state index contributed by atoms with van der Waals surface area (Å²) in [6.07, 6.45) is 4.24. The first-order valence-electron chi connectivity index (χ1n) is 11.0. The zero-order valence-corrected chi connectivity index (χ0v) is 17.9. The summed E-state index contributed by atoms with van der Waals surface area (Å²) in [6, 6.07) is 18.7. The molecule has 29 heavy (non-hydrogen) atoms. The number of piperidine rings is 1. The predicted molar refractivity (Wildman–Crippen MR) is 117 cm³/mol. The molecule has 1 amide bonds. The van der Waals surface area contributed by atoms with Crippen molar-refractivity contribution in [3.05, 3.63) is 65.7 Å². The van der Waals surface area contributed by atoms with E-state index >= 15 is 0 Å². The fraction of sp³-hybridized carbons (Fsp3) is 0.480. The van der Waals surface area contributed by atoms with Crippen LogP contribution in [0.4, 0.5) is 0 Å². The quantitative estimate of drug-likeness (QED) is 0.707. The fourth-order valence-electron chi connectivity index (χ4n) is 4.00. The highest BCUT2D eigenvalue weighted by molar-refractivity contribution is 5.78. The minimum atomic E-state index is 0.217. The van der Waals surface area contributed by atoms with E-state index in [9.17, 15) is 4.79 Å². The topological polar surface area (TPSA) is 34.0 Å². The van der Waals surface area contributed by atoms with Crippen molar-refractivity contribution >= 4 is 5.91 Å². The largest absolute Gasteiger partial charge is 0.489 e. The fourth-order valence-corrected chi connectivity index (χ4v) is 4.00. The number of likely N-dealkylation sites (tertiary alicyclic amines) is 1. The molecule has 1 aliphatic rings. The lowest BCUT2D eigenvalue weighted by molar-refractivity contribution is -0.919. The molecule has 4 nitrogen and oxygen atoms in total. The highest BCUT2D eigenvalue weighted by atomic mass is 16.5. The molecule has 1 aliphatic heterocycles. The second kappa shape index (κ2) is 11.0. The molecule has 0 radical (unpaired) electrons. The van der Waals surface area contributed by atoms with Gasteiger partial charge in [-0.2, -0.15) is 0 Å². The Kier molecular flexibility index (Phi) is 8.12. The summed E-state index contributed by atoms with van der Waals surface area (Å²) in [5.74, 6) is 1.47. The number of nitrogens with one attached hydrogen (secondary N) is 1. The monoisotopic (exact) mass is 395 g/mol. The molecule has 1 N–H and O–H groups in total. The number of carbonyl (C=O) groups is 1. The van der Waals surface area contributed by atoms with Gasteiger partial charge >= 0.3 is 0 Å². The molecule has 0 bridgehead atoms. The Morgan fingerprint density at radius 1 is 1.03 bits per heavy atom. The Labute approximate surface area is 175 Å². The van der Waals surface area contributed by atoms with Crippen LogP contribution in [0.3, 0.4) is 0 Å². The molecule has 1 fully saturated rings. The van der Waals surface area contributed by atoms with Gasteiger partial charge in [0.15, 0.2) is 0 Å². The lowest BCUT2D eigenvalue weighted by atomic mass is 9.95. The maximum Gasteiger partial charge on any atom is 0.225 e. The van der Waals surface area contributed by atoms with Gasteiger partial charge < -0.3 is 14.5 Å². The average molecular weight is 396 g/mol. The normalized spacial score (nSPS) is 19.0. The number of unbranched alkanes of at least 4 members (excludes halogenated alkanes) is 1. The maximum absolute atomic E-state index is 12.6. The van der Waals surface area contributed by atoms with E-state index in [0.717, 1.165) is 57.6 Å². The molecule has 1 saturated heterocycles. The summed E-state index contributed by atoms with van der Waals surface area (Å²) in [5.41, 5.74) is 2.51. The Morgan fingerprint density at radius 2 is 1.72 bits per heavy atom. The molecular formula is C25H35N2O2+. The third kappa shape index (κ3) is 6.60. The van der Waals surface area contributed by atoms with Crippen molar-refractivity contribution in [3.8, 4) is 5.75 Å². The van der Waals surface area contributed by atoms with Gasteiger partial charge in [0.05, 0.1) is 13.1 Å². The molecule has 2 aromatic carbocycles. The van der Waals surface area contributed by atoms with Gasteiger partial charge in [0.1, 0.15) is 18.9 Å². The van der Waals surface area contributed by atoms with Gasteiger partial charge in [-0.25, -0.2) is 0 Å². The smallest absolute Gasteiger partial charge is 0.225 e. The molecule has 0 unspecified atom stereocenters. The summed E-state index contributed by atoms with van der Waals surface area (Å²) in [4.78, 5) is 16.1. The Morgan fingerprint density at radius 3 is 2.38 bits per heavy atom. The van der Waals surface area contributed by atoms with Gasteiger partial charge in [-0.05, 0) is 36.2 Å². The number of hydrogen-bond acceptors (Lipinski definition) is 2. The van der Waals surface area contributed by atoms with Gasteiger partial charge in [0, 0.05) is 37.9 Å². The van der Waals surface area contributed by atoms with Crippen LogP contribution in [0, 0.1) is 5.92 Å². The molecule has 3 rings (SSSR count). The van der Waals surface area contributed by atoms with Crippen LogP contribution in [-0.4, -0.2) is 37.5 Å². The van der Waals surface area contributed by atoms with Crippen molar-refractivity contribution < 1.29 is 14.4 Å². The summed E-state index contributed by atoms with van der Waals surface area (Å²) < 4.78 is 5.88. The van der Waals surface area contributed by atoms with E-state index in [-0.39, 0.29) is 5.92 Å². The first-order valence-corrected chi connectivity index (χ1v) is 11.0. The third-order valence-corrected chi connectivity index (χ3v) is 5.89. The minimum absolute atomic E-state index is 0.217. The van der Waals surface area contributed by atoms with Gasteiger partial charge in [-0.15, -0.1) is 0 Å². The average Bonchev–Trinajstić information content (AvgIpc) is 2.77. The van der Waals surface area contributed by atoms with Gasteiger partial charge in [0.2, 0.25) is 5.91 Å². The number of quaternary nitrogens is 1.